The second-order valence-corrected chi connectivity index (χ2v) is 5.44. The standard InChI is InChI=1S/C14H26N4O/c1-4-13(15)14(11-9-16-17(2)10-11)18-7-5-12(19-3)6-8-18/h9-10,12-14H,4-8,15H2,1-3H3. The second kappa shape index (κ2) is 6.50. The third-order valence-electron chi connectivity index (χ3n) is 4.15. The van der Waals surface area contributed by atoms with Crippen molar-refractivity contribution in [2.24, 2.45) is 12.8 Å². The Morgan fingerprint density at radius 3 is 2.63 bits per heavy atom. The van der Waals surface area contributed by atoms with Gasteiger partial charge in [-0.2, -0.15) is 5.10 Å². The van der Waals surface area contributed by atoms with Gasteiger partial charge >= 0.3 is 0 Å². The molecule has 2 heterocycles. The van der Waals surface area contributed by atoms with Gasteiger partial charge in [-0.05, 0) is 19.3 Å². The summed E-state index contributed by atoms with van der Waals surface area (Å²) in [6.45, 7) is 4.24. The van der Waals surface area contributed by atoms with Crippen molar-refractivity contribution in [3.05, 3.63) is 18.0 Å². The lowest BCUT2D eigenvalue weighted by molar-refractivity contribution is 0.0222. The molecule has 0 amide bonds. The third-order valence-corrected chi connectivity index (χ3v) is 4.15. The van der Waals surface area contributed by atoms with Crippen LogP contribution in [-0.2, 0) is 11.8 Å². The average molecular weight is 266 g/mol. The maximum Gasteiger partial charge on any atom is 0.0595 e. The molecule has 0 spiro atoms. The molecule has 0 saturated carbocycles. The molecule has 1 fully saturated rings. The molecule has 108 valence electrons. The first-order valence-electron chi connectivity index (χ1n) is 7.16. The van der Waals surface area contributed by atoms with E-state index in [9.17, 15) is 0 Å². The van der Waals surface area contributed by atoms with E-state index in [1.165, 1.54) is 5.56 Å². The van der Waals surface area contributed by atoms with Crippen LogP contribution in [0.25, 0.3) is 0 Å². The van der Waals surface area contributed by atoms with Crippen LogP contribution in [0.2, 0.25) is 0 Å². The fourth-order valence-electron chi connectivity index (χ4n) is 2.93. The third kappa shape index (κ3) is 3.35. The van der Waals surface area contributed by atoms with Crippen LogP contribution in [0.5, 0.6) is 0 Å². The van der Waals surface area contributed by atoms with Crippen LogP contribution in [-0.4, -0.2) is 47.0 Å². The summed E-state index contributed by atoms with van der Waals surface area (Å²) in [5, 5.41) is 4.29. The number of nitrogens with two attached hydrogens (primary N) is 1. The normalized spacial score (nSPS) is 21.5. The van der Waals surface area contributed by atoms with Gasteiger partial charge in [-0.1, -0.05) is 6.92 Å². The van der Waals surface area contributed by atoms with E-state index < -0.39 is 0 Å². The number of hydrogen-bond acceptors (Lipinski definition) is 4. The van der Waals surface area contributed by atoms with E-state index >= 15 is 0 Å². The van der Waals surface area contributed by atoms with Crippen LogP contribution in [0.3, 0.4) is 0 Å². The first-order chi connectivity index (χ1) is 9.15. The Labute approximate surface area is 115 Å². The molecule has 2 atom stereocenters. The number of ether oxygens (including phenoxy) is 1. The van der Waals surface area contributed by atoms with Gasteiger partial charge in [0, 0.05) is 45.0 Å². The number of rotatable bonds is 5. The number of methoxy groups -OCH3 is 1. The number of hydrogen-bond donors (Lipinski definition) is 1. The van der Waals surface area contributed by atoms with Crippen LogP contribution < -0.4 is 5.73 Å². The first kappa shape index (κ1) is 14.5. The Kier molecular flexibility index (Phi) is 4.96. The Morgan fingerprint density at radius 1 is 1.47 bits per heavy atom. The minimum absolute atomic E-state index is 0.156. The molecule has 2 N–H and O–H groups in total. The van der Waals surface area contributed by atoms with Gasteiger partial charge < -0.3 is 10.5 Å². The zero-order valence-corrected chi connectivity index (χ0v) is 12.2. The summed E-state index contributed by atoms with van der Waals surface area (Å²) < 4.78 is 7.30. The van der Waals surface area contributed by atoms with E-state index in [1.54, 1.807) is 7.11 Å². The Balaban J connectivity index is 2.10. The van der Waals surface area contributed by atoms with Gasteiger partial charge in [-0.3, -0.25) is 9.58 Å². The monoisotopic (exact) mass is 266 g/mol. The average Bonchev–Trinajstić information content (AvgIpc) is 2.86. The van der Waals surface area contributed by atoms with Crippen molar-refractivity contribution >= 4 is 0 Å². The van der Waals surface area contributed by atoms with Crippen LogP contribution in [0, 0.1) is 0 Å². The lowest BCUT2D eigenvalue weighted by Crippen LogP contribution is -2.45. The SMILES string of the molecule is CCC(N)C(c1cnn(C)c1)N1CCC(OC)CC1. The van der Waals surface area contributed by atoms with E-state index in [4.69, 9.17) is 10.5 Å². The molecule has 1 aromatic heterocycles. The lowest BCUT2D eigenvalue weighted by atomic mass is 9.96. The lowest BCUT2D eigenvalue weighted by Gasteiger charge is -2.39. The van der Waals surface area contributed by atoms with Gasteiger partial charge in [0.1, 0.15) is 0 Å². The highest BCUT2D eigenvalue weighted by atomic mass is 16.5. The molecule has 0 aromatic carbocycles. The molecule has 1 saturated heterocycles. The smallest absolute Gasteiger partial charge is 0.0595 e. The predicted molar refractivity (Wildman–Crippen MR) is 75.8 cm³/mol. The van der Waals surface area contributed by atoms with Crippen LogP contribution in [0.15, 0.2) is 12.4 Å². The van der Waals surface area contributed by atoms with Crippen LogP contribution >= 0.6 is 0 Å². The topological polar surface area (TPSA) is 56.3 Å². The molecule has 5 nitrogen and oxygen atoms in total. The Morgan fingerprint density at radius 2 is 2.16 bits per heavy atom. The number of piperidine rings is 1. The summed E-state index contributed by atoms with van der Waals surface area (Å²) in [5.41, 5.74) is 7.58. The number of likely N-dealkylation sites (tertiary alicyclic amines) is 1. The zero-order chi connectivity index (χ0) is 13.8. The number of aryl methyl sites for hydroxylation is 1. The highest BCUT2D eigenvalue weighted by molar-refractivity contribution is 5.13. The molecule has 0 radical (unpaired) electrons. The van der Waals surface area contributed by atoms with Gasteiger partial charge in [0.15, 0.2) is 0 Å². The molecule has 2 rings (SSSR count). The van der Waals surface area contributed by atoms with Crippen molar-refractivity contribution in [2.45, 2.75) is 44.4 Å². The summed E-state index contributed by atoms with van der Waals surface area (Å²) in [7, 11) is 3.76. The molecule has 0 bridgehead atoms. The van der Waals surface area contributed by atoms with Crippen molar-refractivity contribution in [2.75, 3.05) is 20.2 Å². The summed E-state index contributed by atoms with van der Waals surface area (Å²) in [5.74, 6) is 0. The first-order valence-corrected chi connectivity index (χ1v) is 7.16. The molecule has 0 aliphatic carbocycles. The van der Waals surface area contributed by atoms with E-state index in [1.807, 2.05) is 17.9 Å². The number of aromatic nitrogens is 2. The molecule has 1 aliphatic heterocycles. The summed E-state index contributed by atoms with van der Waals surface area (Å²) in [6, 6.07) is 0.430. The van der Waals surface area contributed by atoms with Crippen LogP contribution in [0.4, 0.5) is 0 Å². The summed E-state index contributed by atoms with van der Waals surface area (Å²) in [6.07, 6.45) is 7.59. The molecule has 1 aliphatic rings. The molecular formula is C14H26N4O. The van der Waals surface area contributed by atoms with E-state index in [0.29, 0.717) is 6.10 Å². The maximum atomic E-state index is 6.35. The second-order valence-electron chi connectivity index (χ2n) is 5.44. The van der Waals surface area contributed by atoms with Crippen molar-refractivity contribution in [3.8, 4) is 0 Å². The van der Waals surface area contributed by atoms with Crippen molar-refractivity contribution in [1.29, 1.82) is 0 Å². The molecular weight excluding hydrogens is 240 g/mol. The van der Waals surface area contributed by atoms with Gasteiger partial charge in [-0.15, -0.1) is 0 Å². The highest BCUT2D eigenvalue weighted by Gasteiger charge is 2.30. The fraction of sp³-hybridized carbons (Fsp3) is 0.786. The minimum atomic E-state index is 0.156. The van der Waals surface area contributed by atoms with Gasteiger partial charge in [0.05, 0.1) is 18.3 Å². The van der Waals surface area contributed by atoms with E-state index in [2.05, 4.69) is 23.1 Å². The van der Waals surface area contributed by atoms with Crippen molar-refractivity contribution < 1.29 is 4.74 Å². The Hall–Kier alpha value is -0.910. The van der Waals surface area contributed by atoms with Crippen molar-refractivity contribution in [1.82, 2.24) is 14.7 Å². The molecule has 19 heavy (non-hydrogen) atoms. The van der Waals surface area contributed by atoms with Gasteiger partial charge in [-0.25, -0.2) is 0 Å². The predicted octanol–water partition coefficient (Wildman–Crippen LogP) is 1.31. The maximum absolute atomic E-state index is 6.35. The largest absolute Gasteiger partial charge is 0.381 e. The summed E-state index contributed by atoms with van der Waals surface area (Å²) in [4.78, 5) is 2.49. The minimum Gasteiger partial charge on any atom is -0.381 e. The van der Waals surface area contributed by atoms with Gasteiger partial charge in [0.25, 0.3) is 0 Å². The Bertz CT molecular complexity index is 385. The fourth-order valence-corrected chi connectivity index (χ4v) is 2.93. The van der Waals surface area contributed by atoms with Crippen molar-refractivity contribution in [3.63, 3.8) is 0 Å². The molecule has 5 heteroatoms. The number of nitrogens with zero attached hydrogens (tertiary/aromatic N) is 3. The van der Waals surface area contributed by atoms with E-state index in [-0.39, 0.29) is 12.1 Å². The zero-order valence-electron chi connectivity index (χ0n) is 12.2. The molecule has 1 aromatic rings. The highest BCUT2D eigenvalue weighted by Crippen LogP contribution is 2.28. The quantitative estimate of drug-likeness (QED) is 0.873. The summed E-state index contributed by atoms with van der Waals surface area (Å²) >= 11 is 0. The van der Waals surface area contributed by atoms with Crippen LogP contribution in [0.1, 0.15) is 37.8 Å². The molecule has 2 unspecified atom stereocenters. The van der Waals surface area contributed by atoms with E-state index in [0.717, 1.165) is 32.4 Å². The van der Waals surface area contributed by atoms with Gasteiger partial charge in [0.2, 0.25) is 0 Å².